The van der Waals surface area contributed by atoms with Gasteiger partial charge in [0.15, 0.2) is 0 Å². The second-order valence-corrected chi connectivity index (χ2v) is 7.69. The molecular formula is C14H21NO4S. The summed E-state index contributed by atoms with van der Waals surface area (Å²) in [4.78, 5) is 0. The Hall–Kier alpha value is -0.850. The molecule has 0 aromatic carbocycles. The molecule has 112 valence electrons. The average Bonchev–Trinajstić information content (AvgIpc) is 3.07. The Labute approximate surface area is 119 Å². The molecule has 2 atom stereocenters. The molecule has 0 radical (unpaired) electrons. The maximum Gasteiger partial charge on any atom is 0.215 e. The standard InChI is InChI=1S/C14H21NO4S/c1-11-4-5-14(19-11)13-3-2-7-15(13)20(16,17)10-12-6-8-18-9-12/h4-5,12-13H,2-3,6-10H2,1H3. The van der Waals surface area contributed by atoms with Crippen molar-refractivity contribution in [2.24, 2.45) is 5.92 Å². The van der Waals surface area contributed by atoms with Crippen LogP contribution in [0.1, 0.15) is 36.8 Å². The van der Waals surface area contributed by atoms with Gasteiger partial charge in [-0.15, -0.1) is 0 Å². The highest BCUT2D eigenvalue weighted by Crippen LogP contribution is 2.36. The molecule has 0 saturated carbocycles. The molecule has 1 aromatic heterocycles. The van der Waals surface area contributed by atoms with Crippen molar-refractivity contribution < 1.29 is 17.6 Å². The molecule has 0 bridgehead atoms. The topological polar surface area (TPSA) is 59.8 Å². The fourth-order valence-electron chi connectivity index (χ4n) is 3.10. The monoisotopic (exact) mass is 299 g/mol. The van der Waals surface area contributed by atoms with Gasteiger partial charge in [0.2, 0.25) is 10.0 Å². The number of furan rings is 1. The number of hydrogen-bond donors (Lipinski definition) is 0. The Morgan fingerprint density at radius 2 is 2.20 bits per heavy atom. The van der Waals surface area contributed by atoms with Crippen LogP contribution in [-0.2, 0) is 14.8 Å². The van der Waals surface area contributed by atoms with E-state index in [2.05, 4.69) is 0 Å². The Kier molecular flexibility index (Phi) is 3.88. The van der Waals surface area contributed by atoms with Crippen LogP contribution in [0.15, 0.2) is 16.5 Å². The van der Waals surface area contributed by atoms with Crippen molar-refractivity contribution in [2.45, 2.75) is 32.2 Å². The summed E-state index contributed by atoms with van der Waals surface area (Å²) in [6, 6.07) is 3.66. The SMILES string of the molecule is Cc1ccc(C2CCCN2S(=O)(=O)CC2CCOC2)o1. The van der Waals surface area contributed by atoms with Gasteiger partial charge < -0.3 is 9.15 Å². The fourth-order valence-corrected chi connectivity index (χ4v) is 5.15. The lowest BCUT2D eigenvalue weighted by Crippen LogP contribution is -2.35. The first-order valence-electron chi connectivity index (χ1n) is 7.20. The van der Waals surface area contributed by atoms with Gasteiger partial charge in [0.25, 0.3) is 0 Å². The summed E-state index contributed by atoms with van der Waals surface area (Å²) in [5.41, 5.74) is 0. The molecule has 0 amide bonds. The van der Waals surface area contributed by atoms with E-state index in [1.807, 2.05) is 19.1 Å². The number of nitrogens with zero attached hydrogens (tertiary/aromatic N) is 1. The molecule has 2 aliphatic rings. The zero-order valence-electron chi connectivity index (χ0n) is 11.7. The van der Waals surface area contributed by atoms with Crippen molar-refractivity contribution in [3.8, 4) is 0 Å². The molecule has 5 nitrogen and oxygen atoms in total. The molecule has 2 fully saturated rings. The Balaban J connectivity index is 1.77. The highest BCUT2D eigenvalue weighted by molar-refractivity contribution is 7.89. The summed E-state index contributed by atoms with van der Waals surface area (Å²) in [7, 11) is -3.24. The number of ether oxygens (including phenoxy) is 1. The van der Waals surface area contributed by atoms with Crippen molar-refractivity contribution in [1.29, 1.82) is 0 Å². The summed E-state index contributed by atoms with van der Waals surface area (Å²) < 4.78 is 37.8. The maximum absolute atomic E-state index is 12.6. The molecule has 0 spiro atoms. The average molecular weight is 299 g/mol. The van der Waals surface area contributed by atoms with Crippen LogP contribution in [0.3, 0.4) is 0 Å². The van der Waals surface area contributed by atoms with Crippen LogP contribution in [0.2, 0.25) is 0 Å². The molecule has 0 aliphatic carbocycles. The van der Waals surface area contributed by atoms with Gasteiger partial charge in [-0.25, -0.2) is 8.42 Å². The molecule has 1 aromatic rings. The lowest BCUT2D eigenvalue weighted by atomic mass is 10.2. The Bertz CT molecular complexity index is 559. The van der Waals surface area contributed by atoms with Crippen molar-refractivity contribution in [3.63, 3.8) is 0 Å². The predicted octanol–water partition coefficient (Wildman–Crippen LogP) is 2.09. The van der Waals surface area contributed by atoms with Gasteiger partial charge in [0, 0.05) is 13.2 Å². The molecule has 0 N–H and O–H groups in total. The van der Waals surface area contributed by atoms with E-state index in [4.69, 9.17) is 9.15 Å². The summed E-state index contributed by atoms with van der Waals surface area (Å²) >= 11 is 0. The minimum atomic E-state index is -3.24. The van der Waals surface area contributed by atoms with Crippen LogP contribution in [0.25, 0.3) is 0 Å². The zero-order chi connectivity index (χ0) is 14.2. The minimum Gasteiger partial charge on any atom is -0.465 e. The first-order chi connectivity index (χ1) is 9.56. The van der Waals surface area contributed by atoms with Gasteiger partial charge >= 0.3 is 0 Å². The highest BCUT2D eigenvalue weighted by atomic mass is 32.2. The molecular weight excluding hydrogens is 278 g/mol. The first kappa shape index (κ1) is 14.1. The first-order valence-corrected chi connectivity index (χ1v) is 8.81. The maximum atomic E-state index is 12.6. The summed E-state index contributed by atoms with van der Waals surface area (Å²) in [5.74, 6) is 1.93. The molecule has 3 heterocycles. The predicted molar refractivity (Wildman–Crippen MR) is 74.8 cm³/mol. The van der Waals surface area contributed by atoms with Crippen LogP contribution in [0.4, 0.5) is 0 Å². The third-order valence-corrected chi connectivity index (χ3v) is 6.17. The Morgan fingerprint density at radius 3 is 2.85 bits per heavy atom. The number of sulfonamides is 1. The van der Waals surface area contributed by atoms with E-state index in [0.717, 1.165) is 30.8 Å². The highest BCUT2D eigenvalue weighted by Gasteiger charge is 2.38. The van der Waals surface area contributed by atoms with Crippen LogP contribution in [0.5, 0.6) is 0 Å². The van der Waals surface area contributed by atoms with Gasteiger partial charge in [-0.1, -0.05) is 0 Å². The third-order valence-electron chi connectivity index (χ3n) is 4.12. The quantitative estimate of drug-likeness (QED) is 0.854. The van der Waals surface area contributed by atoms with Crippen LogP contribution < -0.4 is 0 Å². The van der Waals surface area contributed by atoms with E-state index in [-0.39, 0.29) is 17.7 Å². The normalized spacial score (nSPS) is 28.2. The largest absolute Gasteiger partial charge is 0.465 e. The minimum absolute atomic E-state index is 0.129. The van der Waals surface area contributed by atoms with E-state index in [1.54, 1.807) is 4.31 Å². The number of hydrogen-bond acceptors (Lipinski definition) is 4. The molecule has 3 rings (SSSR count). The van der Waals surface area contributed by atoms with Crippen molar-refractivity contribution in [2.75, 3.05) is 25.5 Å². The number of rotatable bonds is 4. The van der Waals surface area contributed by atoms with E-state index in [9.17, 15) is 8.42 Å². The van der Waals surface area contributed by atoms with Crippen molar-refractivity contribution >= 4 is 10.0 Å². The molecule has 2 unspecified atom stereocenters. The van der Waals surface area contributed by atoms with Crippen LogP contribution in [-0.4, -0.2) is 38.2 Å². The van der Waals surface area contributed by atoms with E-state index >= 15 is 0 Å². The van der Waals surface area contributed by atoms with Crippen LogP contribution >= 0.6 is 0 Å². The second kappa shape index (κ2) is 5.50. The molecule has 20 heavy (non-hydrogen) atoms. The van der Waals surface area contributed by atoms with Crippen LogP contribution in [0, 0.1) is 12.8 Å². The summed E-state index contributed by atoms with van der Waals surface area (Å²) in [5, 5.41) is 0. The Morgan fingerprint density at radius 1 is 1.35 bits per heavy atom. The summed E-state index contributed by atoms with van der Waals surface area (Å²) in [6.07, 6.45) is 2.58. The molecule has 2 saturated heterocycles. The van der Waals surface area contributed by atoms with E-state index in [0.29, 0.717) is 19.8 Å². The van der Waals surface area contributed by atoms with Gasteiger partial charge in [0.05, 0.1) is 18.4 Å². The summed E-state index contributed by atoms with van der Waals surface area (Å²) in [6.45, 7) is 3.73. The van der Waals surface area contributed by atoms with Crippen molar-refractivity contribution in [1.82, 2.24) is 4.31 Å². The fraction of sp³-hybridized carbons (Fsp3) is 0.714. The molecule has 6 heteroatoms. The van der Waals surface area contributed by atoms with Gasteiger partial charge in [0.1, 0.15) is 11.5 Å². The van der Waals surface area contributed by atoms with E-state index < -0.39 is 10.0 Å². The lowest BCUT2D eigenvalue weighted by molar-refractivity contribution is 0.188. The lowest BCUT2D eigenvalue weighted by Gasteiger charge is -2.23. The van der Waals surface area contributed by atoms with Gasteiger partial charge in [-0.3, -0.25) is 0 Å². The number of aryl methyl sites for hydroxylation is 1. The van der Waals surface area contributed by atoms with Crippen molar-refractivity contribution in [3.05, 3.63) is 23.7 Å². The smallest absolute Gasteiger partial charge is 0.215 e. The second-order valence-electron chi connectivity index (χ2n) is 5.73. The molecule has 2 aliphatic heterocycles. The van der Waals surface area contributed by atoms with Gasteiger partial charge in [-0.05, 0) is 44.2 Å². The van der Waals surface area contributed by atoms with Gasteiger partial charge in [-0.2, -0.15) is 4.31 Å². The third kappa shape index (κ3) is 2.77. The zero-order valence-corrected chi connectivity index (χ0v) is 12.6. The van der Waals surface area contributed by atoms with E-state index in [1.165, 1.54) is 0 Å².